The Labute approximate surface area is 173 Å². The summed E-state index contributed by atoms with van der Waals surface area (Å²) in [4.78, 5) is 21.7. The van der Waals surface area contributed by atoms with Gasteiger partial charge in [-0.2, -0.15) is 5.10 Å². The first kappa shape index (κ1) is 18.5. The Morgan fingerprint density at radius 2 is 1.90 bits per heavy atom. The molecule has 7 heteroatoms. The zero-order chi connectivity index (χ0) is 20.3. The number of carbonyl (C=O) groups is 1. The second-order valence-electron chi connectivity index (χ2n) is 7.72. The standard InChI is InChI=1S/C23H23N5O2/c29-22(24-14-20-26-21(28-27-20)15-7-3-1-4-8-15)17-11-12-18-19(13-17)30-23(25-18)16-9-5-2-6-10-16/h1,3-4,7-8,11-13,16H,2,5-6,9-10,14H2,(H,24,29)(H,26,27,28). The highest BCUT2D eigenvalue weighted by atomic mass is 16.3. The van der Waals surface area contributed by atoms with Crippen LogP contribution in [0.2, 0.25) is 0 Å². The van der Waals surface area contributed by atoms with Gasteiger partial charge in [0.1, 0.15) is 11.3 Å². The van der Waals surface area contributed by atoms with Gasteiger partial charge in [0.15, 0.2) is 17.3 Å². The maximum Gasteiger partial charge on any atom is 0.251 e. The Hall–Kier alpha value is -3.48. The molecule has 30 heavy (non-hydrogen) atoms. The summed E-state index contributed by atoms with van der Waals surface area (Å²) in [5, 5.41) is 9.97. The van der Waals surface area contributed by atoms with Crippen LogP contribution >= 0.6 is 0 Å². The number of hydrogen-bond donors (Lipinski definition) is 2. The van der Waals surface area contributed by atoms with Crippen molar-refractivity contribution < 1.29 is 9.21 Å². The van der Waals surface area contributed by atoms with Crippen LogP contribution in [0.4, 0.5) is 0 Å². The quantitative estimate of drug-likeness (QED) is 0.510. The fraction of sp³-hybridized carbons (Fsp3) is 0.304. The first-order chi connectivity index (χ1) is 14.8. The molecular formula is C23H23N5O2. The summed E-state index contributed by atoms with van der Waals surface area (Å²) >= 11 is 0. The lowest BCUT2D eigenvalue weighted by molar-refractivity contribution is 0.0950. The molecule has 1 saturated carbocycles. The first-order valence-electron chi connectivity index (χ1n) is 10.4. The number of nitrogens with zero attached hydrogens (tertiary/aromatic N) is 3. The molecule has 4 aromatic rings. The van der Waals surface area contributed by atoms with Gasteiger partial charge in [-0.15, -0.1) is 0 Å². The fourth-order valence-electron chi connectivity index (χ4n) is 3.96. The van der Waals surface area contributed by atoms with Gasteiger partial charge in [-0.25, -0.2) is 9.97 Å². The fourth-order valence-corrected chi connectivity index (χ4v) is 3.96. The van der Waals surface area contributed by atoms with E-state index in [1.54, 1.807) is 12.1 Å². The normalized spacial score (nSPS) is 14.8. The second-order valence-corrected chi connectivity index (χ2v) is 7.72. The number of benzene rings is 2. The number of nitrogens with one attached hydrogen (secondary N) is 2. The van der Waals surface area contributed by atoms with Crippen molar-refractivity contribution in [1.29, 1.82) is 0 Å². The van der Waals surface area contributed by atoms with Gasteiger partial charge < -0.3 is 9.73 Å². The number of rotatable bonds is 5. The lowest BCUT2D eigenvalue weighted by atomic mass is 9.89. The molecule has 0 radical (unpaired) electrons. The highest BCUT2D eigenvalue weighted by Gasteiger charge is 2.21. The summed E-state index contributed by atoms with van der Waals surface area (Å²) in [5.41, 5.74) is 2.93. The molecule has 2 aromatic heterocycles. The summed E-state index contributed by atoms with van der Waals surface area (Å²) in [5.74, 6) is 2.22. The van der Waals surface area contributed by atoms with E-state index in [1.807, 2.05) is 36.4 Å². The molecule has 0 atom stereocenters. The Balaban J connectivity index is 1.26. The molecule has 0 saturated heterocycles. The maximum atomic E-state index is 12.6. The number of oxazole rings is 1. The van der Waals surface area contributed by atoms with Crippen molar-refractivity contribution in [3.05, 3.63) is 65.8 Å². The highest BCUT2D eigenvalue weighted by Crippen LogP contribution is 2.33. The van der Waals surface area contributed by atoms with E-state index in [0.717, 1.165) is 29.8 Å². The van der Waals surface area contributed by atoms with Gasteiger partial charge in [-0.05, 0) is 31.0 Å². The largest absolute Gasteiger partial charge is 0.440 e. The van der Waals surface area contributed by atoms with Gasteiger partial charge in [-0.3, -0.25) is 9.89 Å². The van der Waals surface area contributed by atoms with E-state index in [2.05, 4.69) is 25.5 Å². The van der Waals surface area contributed by atoms with Crippen LogP contribution in [-0.2, 0) is 6.54 Å². The van der Waals surface area contributed by atoms with Crippen LogP contribution in [0.25, 0.3) is 22.5 Å². The third-order valence-corrected chi connectivity index (χ3v) is 5.60. The van der Waals surface area contributed by atoms with E-state index in [1.165, 1.54) is 19.3 Å². The van der Waals surface area contributed by atoms with Crippen molar-refractivity contribution in [2.24, 2.45) is 0 Å². The summed E-state index contributed by atoms with van der Waals surface area (Å²) in [6.45, 7) is 0.264. The summed E-state index contributed by atoms with van der Waals surface area (Å²) in [6.07, 6.45) is 6.00. The third kappa shape index (κ3) is 3.83. The number of hydrogen-bond acceptors (Lipinski definition) is 5. The average molecular weight is 401 g/mol. The minimum atomic E-state index is -0.190. The van der Waals surface area contributed by atoms with Crippen LogP contribution in [0, 0.1) is 0 Å². The van der Waals surface area contributed by atoms with Crippen molar-refractivity contribution in [1.82, 2.24) is 25.5 Å². The van der Waals surface area contributed by atoms with Crippen LogP contribution in [0.1, 0.15) is 60.1 Å². The summed E-state index contributed by atoms with van der Waals surface area (Å²) in [6, 6.07) is 15.1. The minimum Gasteiger partial charge on any atom is -0.440 e. The van der Waals surface area contributed by atoms with Crippen molar-refractivity contribution in [2.45, 2.75) is 44.6 Å². The molecule has 1 aliphatic rings. The molecule has 0 aliphatic heterocycles. The summed E-state index contributed by atoms with van der Waals surface area (Å²) in [7, 11) is 0. The zero-order valence-electron chi connectivity index (χ0n) is 16.6. The second kappa shape index (κ2) is 8.10. The van der Waals surface area contributed by atoms with Crippen LogP contribution in [0.3, 0.4) is 0 Å². The van der Waals surface area contributed by atoms with E-state index >= 15 is 0 Å². The van der Waals surface area contributed by atoms with Gasteiger partial charge >= 0.3 is 0 Å². The van der Waals surface area contributed by atoms with Crippen LogP contribution in [-0.4, -0.2) is 26.1 Å². The molecule has 152 valence electrons. The Kier molecular flexibility index (Phi) is 5.01. The SMILES string of the molecule is O=C(NCc1nc(-c2ccccc2)n[nH]1)c1ccc2nc(C3CCCCC3)oc2c1. The van der Waals surface area contributed by atoms with Crippen LogP contribution in [0.5, 0.6) is 0 Å². The number of fused-ring (bicyclic) bond motifs is 1. The van der Waals surface area contributed by atoms with E-state index in [-0.39, 0.29) is 12.5 Å². The molecule has 1 aliphatic carbocycles. The average Bonchev–Trinajstić information content (AvgIpc) is 3.45. The van der Waals surface area contributed by atoms with Gasteiger partial charge in [0.05, 0.1) is 6.54 Å². The monoisotopic (exact) mass is 401 g/mol. The van der Waals surface area contributed by atoms with Crippen molar-refractivity contribution in [3.8, 4) is 11.4 Å². The smallest absolute Gasteiger partial charge is 0.251 e. The molecule has 7 nitrogen and oxygen atoms in total. The molecule has 2 aromatic carbocycles. The Morgan fingerprint density at radius 3 is 2.73 bits per heavy atom. The number of amides is 1. The molecular weight excluding hydrogens is 378 g/mol. The van der Waals surface area contributed by atoms with E-state index in [4.69, 9.17) is 4.42 Å². The predicted octanol–water partition coefficient (Wildman–Crippen LogP) is 4.59. The minimum absolute atomic E-state index is 0.190. The van der Waals surface area contributed by atoms with E-state index in [9.17, 15) is 4.79 Å². The molecule has 5 rings (SSSR count). The molecule has 0 spiro atoms. The number of carbonyl (C=O) groups excluding carboxylic acids is 1. The maximum absolute atomic E-state index is 12.6. The van der Waals surface area contributed by atoms with Crippen molar-refractivity contribution >= 4 is 17.0 Å². The number of aromatic nitrogens is 4. The molecule has 0 unspecified atom stereocenters. The molecule has 0 bridgehead atoms. The number of H-pyrrole nitrogens is 1. The van der Waals surface area contributed by atoms with Crippen LogP contribution in [0.15, 0.2) is 52.9 Å². The third-order valence-electron chi connectivity index (χ3n) is 5.60. The van der Waals surface area contributed by atoms with Gasteiger partial charge in [0.25, 0.3) is 5.91 Å². The predicted molar refractivity (Wildman–Crippen MR) is 113 cm³/mol. The van der Waals surface area contributed by atoms with Crippen molar-refractivity contribution in [2.75, 3.05) is 0 Å². The van der Waals surface area contributed by atoms with Crippen LogP contribution < -0.4 is 5.32 Å². The Bertz CT molecular complexity index is 1160. The Morgan fingerprint density at radius 1 is 1.07 bits per heavy atom. The lowest BCUT2D eigenvalue weighted by Crippen LogP contribution is -2.23. The topological polar surface area (TPSA) is 96.7 Å². The molecule has 2 N–H and O–H groups in total. The summed E-state index contributed by atoms with van der Waals surface area (Å²) < 4.78 is 5.99. The lowest BCUT2D eigenvalue weighted by Gasteiger charge is -2.17. The number of aromatic amines is 1. The molecule has 2 heterocycles. The van der Waals surface area contributed by atoms with E-state index < -0.39 is 0 Å². The highest BCUT2D eigenvalue weighted by molar-refractivity contribution is 5.96. The van der Waals surface area contributed by atoms with Gasteiger partial charge in [0, 0.05) is 17.0 Å². The van der Waals surface area contributed by atoms with Crippen molar-refractivity contribution in [3.63, 3.8) is 0 Å². The van der Waals surface area contributed by atoms with E-state index in [0.29, 0.717) is 28.7 Å². The van der Waals surface area contributed by atoms with Gasteiger partial charge in [0.2, 0.25) is 0 Å². The zero-order valence-corrected chi connectivity index (χ0v) is 16.6. The molecule has 1 fully saturated rings. The first-order valence-corrected chi connectivity index (χ1v) is 10.4. The molecule has 1 amide bonds. The van der Waals surface area contributed by atoms with Gasteiger partial charge in [-0.1, -0.05) is 49.6 Å².